The van der Waals surface area contributed by atoms with E-state index in [2.05, 4.69) is 4.98 Å². The Bertz CT molecular complexity index is 556. The molecule has 1 aromatic heterocycles. The molecule has 0 amide bonds. The molecule has 0 aliphatic rings. The molecule has 2 aromatic rings. The summed E-state index contributed by atoms with van der Waals surface area (Å²) in [4.78, 5) is 4.15. The van der Waals surface area contributed by atoms with Crippen LogP contribution in [0.15, 0.2) is 36.5 Å². The van der Waals surface area contributed by atoms with Crippen molar-refractivity contribution in [2.45, 2.75) is 20.1 Å². The van der Waals surface area contributed by atoms with Gasteiger partial charge < -0.3 is 15.2 Å². The monoisotopic (exact) mass is 258 g/mol. The number of hydrogen-bond acceptors (Lipinski definition) is 4. The number of pyridine rings is 1. The van der Waals surface area contributed by atoms with Crippen LogP contribution in [0.4, 0.5) is 0 Å². The van der Waals surface area contributed by atoms with Crippen molar-refractivity contribution in [1.29, 1.82) is 0 Å². The van der Waals surface area contributed by atoms with E-state index in [4.69, 9.17) is 15.2 Å². The van der Waals surface area contributed by atoms with E-state index in [1.54, 1.807) is 13.3 Å². The van der Waals surface area contributed by atoms with Gasteiger partial charge in [0.2, 0.25) is 5.88 Å². The van der Waals surface area contributed by atoms with E-state index in [-0.39, 0.29) is 0 Å². The van der Waals surface area contributed by atoms with Crippen molar-refractivity contribution in [3.05, 3.63) is 53.2 Å². The Kier molecular flexibility index (Phi) is 4.36. The molecule has 0 saturated carbocycles. The maximum absolute atomic E-state index is 5.89. The highest BCUT2D eigenvalue weighted by Crippen LogP contribution is 2.25. The third-order valence-corrected chi connectivity index (χ3v) is 2.93. The maximum atomic E-state index is 5.89. The topological polar surface area (TPSA) is 57.4 Å². The van der Waals surface area contributed by atoms with Crippen LogP contribution in [0.1, 0.15) is 16.7 Å². The first-order valence-electron chi connectivity index (χ1n) is 6.15. The standard InChI is InChI=1S/C15H18N2O2/c1-11-5-3-6-12(9-16)14(11)19-10-13-7-4-8-17-15(13)18-2/h3-8H,9-10,16H2,1-2H3. The molecule has 0 saturated heterocycles. The second kappa shape index (κ2) is 6.20. The van der Waals surface area contributed by atoms with E-state index in [0.717, 1.165) is 22.4 Å². The van der Waals surface area contributed by atoms with Crippen LogP contribution in [-0.2, 0) is 13.2 Å². The first-order chi connectivity index (χ1) is 9.26. The Hall–Kier alpha value is -2.07. The lowest BCUT2D eigenvalue weighted by Crippen LogP contribution is -2.05. The molecule has 0 fully saturated rings. The van der Waals surface area contributed by atoms with Gasteiger partial charge >= 0.3 is 0 Å². The van der Waals surface area contributed by atoms with E-state index in [9.17, 15) is 0 Å². The zero-order valence-corrected chi connectivity index (χ0v) is 11.2. The fourth-order valence-electron chi connectivity index (χ4n) is 1.95. The lowest BCUT2D eigenvalue weighted by atomic mass is 10.1. The van der Waals surface area contributed by atoms with Gasteiger partial charge in [-0.15, -0.1) is 0 Å². The van der Waals surface area contributed by atoms with Crippen LogP contribution >= 0.6 is 0 Å². The lowest BCUT2D eigenvalue weighted by Gasteiger charge is -2.14. The van der Waals surface area contributed by atoms with Crippen LogP contribution in [0.2, 0.25) is 0 Å². The van der Waals surface area contributed by atoms with E-state index >= 15 is 0 Å². The molecular weight excluding hydrogens is 240 g/mol. The summed E-state index contributed by atoms with van der Waals surface area (Å²) in [6.45, 7) is 2.88. The minimum Gasteiger partial charge on any atom is -0.488 e. The molecule has 0 radical (unpaired) electrons. The number of rotatable bonds is 5. The van der Waals surface area contributed by atoms with Crippen LogP contribution in [0.25, 0.3) is 0 Å². The van der Waals surface area contributed by atoms with Crippen molar-refractivity contribution >= 4 is 0 Å². The predicted octanol–water partition coefficient (Wildman–Crippen LogP) is 2.44. The van der Waals surface area contributed by atoms with Crippen LogP contribution in [-0.4, -0.2) is 12.1 Å². The van der Waals surface area contributed by atoms with Gasteiger partial charge in [-0.3, -0.25) is 0 Å². The molecule has 2 N–H and O–H groups in total. The number of nitrogens with zero attached hydrogens (tertiary/aromatic N) is 1. The fourth-order valence-corrected chi connectivity index (χ4v) is 1.95. The third kappa shape index (κ3) is 3.03. The first kappa shape index (κ1) is 13.4. The smallest absolute Gasteiger partial charge is 0.219 e. The number of aromatic nitrogens is 1. The summed E-state index contributed by atoms with van der Waals surface area (Å²) in [5, 5.41) is 0. The summed E-state index contributed by atoms with van der Waals surface area (Å²) in [7, 11) is 1.60. The van der Waals surface area contributed by atoms with Crippen LogP contribution in [0, 0.1) is 6.92 Å². The highest BCUT2D eigenvalue weighted by molar-refractivity contribution is 5.41. The molecule has 2 rings (SSSR count). The first-order valence-corrected chi connectivity index (χ1v) is 6.15. The Balaban J connectivity index is 2.19. The quantitative estimate of drug-likeness (QED) is 0.895. The minimum atomic E-state index is 0.412. The van der Waals surface area contributed by atoms with Gasteiger partial charge in [0.05, 0.1) is 12.7 Å². The fraction of sp³-hybridized carbons (Fsp3) is 0.267. The average molecular weight is 258 g/mol. The second-order valence-electron chi connectivity index (χ2n) is 4.23. The molecule has 4 nitrogen and oxygen atoms in total. The Morgan fingerprint density at radius 2 is 1.95 bits per heavy atom. The molecule has 1 heterocycles. The summed E-state index contributed by atoms with van der Waals surface area (Å²) >= 11 is 0. The van der Waals surface area contributed by atoms with Gasteiger partial charge in [0.1, 0.15) is 12.4 Å². The molecular formula is C15H18N2O2. The van der Waals surface area contributed by atoms with Crippen molar-refractivity contribution in [3.8, 4) is 11.6 Å². The molecule has 0 unspecified atom stereocenters. The van der Waals surface area contributed by atoms with Gasteiger partial charge in [-0.2, -0.15) is 0 Å². The number of ether oxygens (including phenoxy) is 2. The SMILES string of the molecule is COc1ncccc1COc1c(C)cccc1CN. The van der Waals surface area contributed by atoms with Crippen molar-refractivity contribution in [3.63, 3.8) is 0 Å². The van der Waals surface area contributed by atoms with E-state index in [1.165, 1.54) is 0 Å². The molecule has 100 valence electrons. The van der Waals surface area contributed by atoms with Crippen molar-refractivity contribution in [1.82, 2.24) is 4.98 Å². The highest BCUT2D eigenvalue weighted by atomic mass is 16.5. The Morgan fingerprint density at radius 1 is 1.16 bits per heavy atom. The van der Waals surface area contributed by atoms with Gasteiger partial charge in [0.25, 0.3) is 0 Å². The average Bonchev–Trinajstić information content (AvgIpc) is 2.46. The molecule has 4 heteroatoms. The van der Waals surface area contributed by atoms with Crippen molar-refractivity contribution < 1.29 is 9.47 Å². The zero-order chi connectivity index (χ0) is 13.7. The molecule has 0 aliphatic carbocycles. The second-order valence-corrected chi connectivity index (χ2v) is 4.23. The normalized spacial score (nSPS) is 10.3. The summed E-state index contributed by atoms with van der Waals surface area (Å²) in [5.41, 5.74) is 8.72. The summed E-state index contributed by atoms with van der Waals surface area (Å²) in [6, 6.07) is 9.77. The van der Waals surface area contributed by atoms with Gasteiger partial charge in [-0.05, 0) is 24.6 Å². The molecule has 19 heavy (non-hydrogen) atoms. The molecule has 0 bridgehead atoms. The summed E-state index contributed by atoms with van der Waals surface area (Å²) in [6.07, 6.45) is 1.70. The zero-order valence-electron chi connectivity index (χ0n) is 11.2. The van der Waals surface area contributed by atoms with E-state index < -0.39 is 0 Å². The molecule has 0 atom stereocenters. The number of methoxy groups -OCH3 is 1. The summed E-state index contributed by atoms with van der Waals surface area (Å²) < 4.78 is 11.1. The van der Waals surface area contributed by atoms with Crippen molar-refractivity contribution in [2.24, 2.45) is 5.73 Å². The van der Waals surface area contributed by atoms with Gasteiger partial charge in [-0.25, -0.2) is 4.98 Å². The number of hydrogen-bond donors (Lipinski definition) is 1. The van der Waals surface area contributed by atoms with Gasteiger partial charge in [-0.1, -0.05) is 18.2 Å². The Morgan fingerprint density at radius 3 is 2.68 bits per heavy atom. The summed E-state index contributed by atoms with van der Waals surface area (Å²) in [5.74, 6) is 1.43. The number of para-hydroxylation sites is 1. The van der Waals surface area contributed by atoms with Gasteiger partial charge in [0, 0.05) is 18.3 Å². The van der Waals surface area contributed by atoms with E-state index in [0.29, 0.717) is 19.0 Å². The number of nitrogens with two attached hydrogens (primary N) is 1. The molecule has 0 spiro atoms. The number of benzene rings is 1. The molecule has 0 aliphatic heterocycles. The largest absolute Gasteiger partial charge is 0.488 e. The third-order valence-electron chi connectivity index (χ3n) is 2.93. The van der Waals surface area contributed by atoms with Gasteiger partial charge in [0.15, 0.2) is 0 Å². The minimum absolute atomic E-state index is 0.412. The highest BCUT2D eigenvalue weighted by Gasteiger charge is 2.08. The van der Waals surface area contributed by atoms with E-state index in [1.807, 2.05) is 37.3 Å². The van der Waals surface area contributed by atoms with Crippen molar-refractivity contribution in [2.75, 3.05) is 7.11 Å². The predicted molar refractivity (Wildman–Crippen MR) is 74.2 cm³/mol. The lowest BCUT2D eigenvalue weighted by molar-refractivity contribution is 0.289. The van der Waals surface area contributed by atoms with Crippen LogP contribution < -0.4 is 15.2 Å². The van der Waals surface area contributed by atoms with Crippen LogP contribution in [0.3, 0.4) is 0 Å². The van der Waals surface area contributed by atoms with Crippen LogP contribution in [0.5, 0.6) is 11.6 Å². The Labute approximate surface area is 113 Å². The maximum Gasteiger partial charge on any atom is 0.219 e. The number of aryl methyl sites for hydroxylation is 1. The molecule has 1 aromatic carbocycles.